The lowest BCUT2D eigenvalue weighted by Gasteiger charge is -2.35. The van der Waals surface area contributed by atoms with E-state index in [1.54, 1.807) is 0 Å². The molecular formula is C26H22. The number of benzene rings is 3. The molecule has 0 radical (unpaired) electrons. The van der Waals surface area contributed by atoms with Crippen molar-refractivity contribution in [2.45, 2.75) is 18.8 Å². The van der Waals surface area contributed by atoms with Gasteiger partial charge in [0.25, 0.3) is 0 Å². The Kier molecular flexibility index (Phi) is 3.46. The highest BCUT2D eigenvalue weighted by molar-refractivity contribution is 5.88. The van der Waals surface area contributed by atoms with Gasteiger partial charge in [-0.25, -0.2) is 0 Å². The molecule has 2 aliphatic rings. The van der Waals surface area contributed by atoms with Gasteiger partial charge in [-0.1, -0.05) is 104 Å². The molecule has 1 unspecified atom stereocenters. The molecule has 1 atom stereocenters. The van der Waals surface area contributed by atoms with Crippen molar-refractivity contribution in [2.24, 2.45) is 5.92 Å². The molecule has 0 saturated heterocycles. The number of fused-ring (bicyclic) bond motifs is 2. The van der Waals surface area contributed by atoms with Crippen LogP contribution in [0.1, 0.15) is 35.6 Å². The highest BCUT2D eigenvalue weighted by Crippen LogP contribution is 2.57. The normalized spacial score (nSPS) is 20.0. The summed E-state index contributed by atoms with van der Waals surface area (Å²) >= 11 is 0. The molecule has 0 spiro atoms. The van der Waals surface area contributed by atoms with E-state index < -0.39 is 0 Å². The van der Waals surface area contributed by atoms with Gasteiger partial charge >= 0.3 is 0 Å². The van der Waals surface area contributed by atoms with Gasteiger partial charge in [0.2, 0.25) is 0 Å². The van der Waals surface area contributed by atoms with Crippen LogP contribution in [0.5, 0.6) is 0 Å². The molecule has 0 bridgehead atoms. The van der Waals surface area contributed by atoms with Crippen LogP contribution in [0.15, 0.2) is 103 Å². The zero-order valence-corrected chi connectivity index (χ0v) is 15.0. The summed E-state index contributed by atoms with van der Waals surface area (Å²) in [4.78, 5) is 0. The topological polar surface area (TPSA) is 0 Å². The second kappa shape index (κ2) is 5.85. The second-order valence-electron chi connectivity index (χ2n) is 7.46. The molecule has 3 aromatic rings. The Morgan fingerprint density at radius 3 is 1.96 bits per heavy atom. The van der Waals surface area contributed by atoms with Gasteiger partial charge in [0, 0.05) is 0 Å². The van der Waals surface area contributed by atoms with Gasteiger partial charge in [-0.05, 0) is 45.7 Å². The van der Waals surface area contributed by atoms with Crippen LogP contribution in [0.4, 0.5) is 0 Å². The molecule has 0 N–H and O–H groups in total. The van der Waals surface area contributed by atoms with Gasteiger partial charge in [-0.2, -0.15) is 0 Å². The van der Waals surface area contributed by atoms with E-state index in [-0.39, 0.29) is 5.41 Å². The van der Waals surface area contributed by atoms with E-state index in [9.17, 15) is 0 Å². The predicted molar refractivity (Wildman–Crippen MR) is 109 cm³/mol. The van der Waals surface area contributed by atoms with E-state index in [1.807, 2.05) is 0 Å². The molecule has 0 saturated carbocycles. The van der Waals surface area contributed by atoms with Crippen LogP contribution >= 0.6 is 0 Å². The van der Waals surface area contributed by atoms with Crippen molar-refractivity contribution in [3.8, 4) is 0 Å². The monoisotopic (exact) mass is 334 g/mol. The average molecular weight is 334 g/mol. The fourth-order valence-corrected chi connectivity index (χ4v) is 4.85. The van der Waals surface area contributed by atoms with Crippen molar-refractivity contribution in [2.75, 3.05) is 0 Å². The van der Waals surface area contributed by atoms with Gasteiger partial charge < -0.3 is 0 Å². The summed E-state index contributed by atoms with van der Waals surface area (Å²) in [6.07, 6.45) is 5.89. The van der Waals surface area contributed by atoms with Crippen LogP contribution in [0.3, 0.4) is 0 Å². The Bertz CT molecular complexity index is 967. The van der Waals surface area contributed by atoms with E-state index in [0.717, 1.165) is 6.42 Å². The standard InChI is InChI=1S/C26H22/c1-19-16-17-25-23(18-19)22-14-8-9-15-24(22)26(25,20-10-4-2-5-11-20)21-12-6-3-7-13-21/h2-17,19H,18H2,1H3. The smallest absolute Gasteiger partial charge is 0.0710 e. The quantitative estimate of drug-likeness (QED) is 0.510. The van der Waals surface area contributed by atoms with Gasteiger partial charge in [-0.15, -0.1) is 0 Å². The lowest BCUT2D eigenvalue weighted by molar-refractivity contribution is 0.718. The molecule has 0 aromatic heterocycles. The minimum absolute atomic E-state index is 0.217. The summed E-state index contributed by atoms with van der Waals surface area (Å²) in [5.41, 5.74) is 8.29. The van der Waals surface area contributed by atoms with E-state index in [4.69, 9.17) is 0 Å². The third-order valence-corrected chi connectivity index (χ3v) is 5.92. The summed E-state index contributed by atoms with van der Waals surface area (Å²) in [5.74, 6) is 0.587. The largest absolute Gasteiger partial charge is 0.0810 e. The first-order valence-electron chi connectivity index (χ1n) is 9.44. The van der Waals surface area contributed by atoms with Crippen LogP contribution in [-0.4, -0.2) is 0 Å². The minimum atomic E-state index is -0.217. The molecule has 0 fully saturated rings. The van der Waals surface area contributed by atoms with Crippen LogP contribution in [0.25, 0.3) is 5.57 Å². The maximum Gasteiger partial charge on any atom is 0.0710 e. The first kappa shape index (κ1) is 15.4. The zero-order chi connectivity index (χ0) is 17.6. The molecule has 0 heteroatoms. The van der Waals surface area contributed by atoms with Crippen LogP contribution in [0, 0.1) is 5.92 Å². The molecule has 2 aliphatic carbocycles. The van der Waals surface area contributed by atoms with Crippen molar-refractivity contribution in [1.29, 1.82) is 0 Å². The molecular weight excluding hydrogens is 312 g/mol. The molecule has 0 nitrogen and oxygen atoms in total. The van der Waals surface area contributed by atoms with Gasteiger partial charge in [0.1, 0.15) is 0 Å². The van der Waals surface area contributed by atoms with E-state index in [0.29, 0.717) is 5.92 Å². The fraction of sp³-hybridized carbons (Fsp3) is 0.154. The minimum Gasteiger partial charge on any atom is -0.0810 e. The average Bonchev–Trinajstić information content (AvgIpc) is 3.00. The fourth-order valence-electron chi connectivity index (χ4n) is 4.85. The summed E-state index contributed by atoms with van der Waals surface area (Å²) in [6.45, 7) is 2.31. The van der Waals surface area contributed by atoms with Crippen molar-refractivity contribution in [1.82, 2.24) is 0 Å². The SMILES string of the molecule is CC1C=CC2=C(C1)c1ccccc1C2(c1ccccc1)c1ccccc1. The van der Waals surface area contributed by atoms with E-state index in [2.05, 4.69) is 104 Å². The second-order valence-corrected chi connectivity index (χ2v) is 7.46. The first-order valence-corrected chi connectivity index (χ1v) is 9.44. The molecule has 3 aromatic carbocycles. The summed E-state index contributed by atoms with van der Waals surface area (Å²) in [5, 5.41) is 0. The summed E-state index contributed by atoms with van der Waals surface area (Å²) < 4.78 is 0. The van der Waals surface area contributed by atoms with Crippen molar-refractivity contribution < 1.29 is 0 Å². The Morgan fingerprint density at radius 2 is 1.31 bits per heavy atom. The third kappa shape index (κ3) is 2.02. The molecule has 26 heavy (non-hydrogen) atoms. The van der Waals surface area contributed by atoms with Gasteiger partial charge in [-0.3, -0.25) is 0 Å². The van der Waals surface area contributed by atoms with Crippen molar-refractivity contribution in [3.63, 3.8) is 0 Å². The lowest BCUT2D eigenvalue weighted by atomic mass is 9.66. The summed E-state index contributed by atoms with van der Waals surface area (Å²) in [7, 11) is 0. The Hall–Kier alpha value is -2.86. The van der Waals surface area contributed by atoms with E-state index in [1.165, 1.54) is 33.4 Å². The van der Waals surface area contributed by atoms with Crippen LogP contribution in [0.2, 0.25) is 0 Å². The number of hydrogen-bond acceptors (Lipinski definition) is 0. The van der Waals surface area contributed by atoms with Crippen molar-refractivity contribution in [3.05, 3.63) is 125 Å². The van der Waals surface area contributed by atoms with Gasteiger partial charge in [0.15, 0.2) is 0 Å². The number of rotatable bonds is 2. The molecule has 126 valence electrons. The molecule has 0 heterocycles. The van der Waals surface area contributed by atoms with Crippen molar-refractivity contribution >= 4 is 5.57 Å². The third-order valence-electron chi connectivity index (χ3n) is 5.92. The first-order chi connectivity index (χ1) is 12.8. The molecule has 5 rings (SSSR count). The maximum absolute atomic E-state index is 2.39. The summed E-state index contributed by atoms with van der Waals surface area (Å²) in [6, 6.07) is 31.0. The highest BCUT2D eigenvalue weighted by Gasteiger charge is 2.47. The number of hydrogen-bond donors (Lipinski definition) is 0. The maximum atomic E-state index is 2.39. The van der Waals surface area contributed by atoms with Gasteiger partial charge in [0.05, 0.1) is 5.41 Å². The van der Waals surface area contributed by atoms with Crippen LogP contribution in [-0.2, 0) is 5.41 Å². The Morgan fingerprint density at radius 1 is 0.731 bits per heavy atom. The zero-order valence-electron chi connectivity index (χ0n) is 15.0. The lowest BCUT2D eigenvalue weighted by Crippen LogP contribution is -2.29. The predicted octanol–water partition coefficient (Wildman–Crippen LogP) is 6.38. The highest BCUT2D eigenvalue weighted by atomic mass is 14.5. The Balaban J connectivity index is 1.92. The Labute approximate surface area is 155 Å². The molecule has 0 aliphatic heterocycles. The van der Waals surface area contributed by atoms with Crippen LogP contribution < -0.4 is 0 Å². The molecule has 0 amide bonds. The van der Waals surface area contributed by atoms with E-state index >= 15 is 0 Å². The number of allylic oxidation sites excluding steroid dienone is 4.